The van der Waals surface area contributed by atoms with Crippen molar-refractivity contribution in [1.82, 2.24) is 4.31 Å². The summed E-state index contributed by atoms with van der Waals surface area (Å²) in [5.41, 5.74) is 2.95. The fourth-order valence-electron chi connectivity index (χ4n) is 2.54. The van der Waals surface area contributed by atoms with Crippen molar-refractivity contribution >= 4 is 22.7 Å². The van der Waals surface area contributed by atoms with Crippen LogP contribution in [0, 0.1) is 10.7 Å². The lowest BCUT2D eigenvalue weighted by Crippen LogP contribution is -2.20. The minimum Gasteiger partial charge on any atom is -0.291 e. The fraction of sp³-hybridized carbons (Fsp3) is 0.235. The molecule has 1 aromatic carbocycles. The number of hydrogen-bond acceptors (Lipinski definition) is 3. The zero-order valence-corrected chi connectivity index (χ0v) is 14.3. The van der Waals surface area contributed by atoms with Gasteiger partial charge in [0.1, 0.15) is 5.40 Å². The first-order valence-corrected chi connectivity index (χ1v) is 8.95. The highest BCUT2D eigenvalue weighted by Gasteiger charge is 2.30. The molecule has 0 amide bonds. The standard InChI is InChI=1S/C17H18N2OS2/c1-4-6-10-15-13(5-2)17(21-12-18)14-9-7-8-11-16(14)22(20)19(15)3/h4,6-11,17H,1,5H2,2-3H3/b10-6-. The molecule has 2 unspecified atom stereocenters. The van der Waals surface area contributed by atoms with Crippen molar-refractivity contribution < 1.29 is 4.21 Å². The van der Waals surface area contributed by atoms with Crippen LogP contribution in [0.5, 0.6) is 0 Å². The molecule has 1 aliphatic heterocycles. The number of nitriles is 1. The van der Waals surface area contributed by atoms with Crippen molar-refractivity contribution in [2.75, 3.05) is 7.05 Å². The fourth-order valence-corrected chi connectivity index (χ4v) is 4.72. The van der Waals surface area contributed by atoms with E-state index >= 15 is 0 Å². The second kappa shape index (κ2) is 7.48. The van der Waals surface area contributed by atoms with Crippen LogP contribution in [0.3, 0.4) is 0 Å². The molecule has 0 aromatic heterocycles. The number of rotatable bonds is 4. The summed E-state index contributed by atoms with van der Waals surface area (Å²) in [6.07, 6.45) is 6.23. The molecule has 0 saturated carbocycles. The number of allylic oxidation sites excluding steroid dienone is 3. The van der Waals surface area contributed by atoms with Crippen LogP contribution in [-0.2, 0) is 11.0 Å². The summed E-state index contributed by atoms with van der Waals surface area (Å²) in [5.74, 6) is 0. The molecule has 1 aliphatic rings. The molecule has 114 valence electrons. The van der Waals surface area contributed by atoms with E-state index in [1.807, 2.05) is 43.5 Å². The van der Waals surface area contributed by atoms with Gasteiger partial charge in [-0.15, -0.1) is 0 Å². The van der Waals surface area contributed by atoms with Gasteiger partial charge in [-0.2, -0.15) is 5.26 Å². The highest BCUT2D eigenvalue weighted by Crippen LogP contribution is 2.44. The van der Waals surface area contributed by atoms with Crippen molar-refractivity contribution in [3.63, 3.8) is 0 Å². The van der Waals surface area contributed by atoms with E-state index in [-0.39, 0.29) is 5.25 Å². The Morgan fingerprint density at radius 2 is 2.23 bits per heavy atom. The molecule has 22 heavy (non-hydrogen) atoms. The molecular formula is C17H18N2OS2. The van der Waals surface area contributed by atoms with Crippen LogP contribution in [0.2, 0.25) is 0 Å². The lowest BCUT2D eigenvalue weighted by molar-refractivity contribution is 0.611. The van der Waals surface area contributed by atoms with E-state index in [4.69, 9.17) is 0 Å². The Hall–Kier alpha value is -1.77. The Balaban J connectivity index is 2.73. The van der Waals surface area contributed by atoms with Gasteiger partial charge in [-0.3, -0.25) is 4.31 Å². The van der Waals surface area contributed by atoms with E-state index < -0.39 is 11.0 Å². The van der Waals surface area contributed by atoms with Gasteiger partial charge >= 0.3 is 0 Å². The Morgan fingerprint density at radius 3 is 2.86 bits per heavy atom. The average molecular weight is 330 g/mol. The zero-order valence-electron chi connectivity index (χ0n) is 12.7. The predicted octanol–water partition coefficient (Wildman–Crippen LogP) is 4.32. The van der Waals surface area contributed by atoms with Crippen molar-refractivity contribution in [2.24, 2.45) is 0 Å². The molecular weight excluding hydrogens is 312 g/mol. The van der Waals surface area contributed by atoms with E-state index in [2.05, 4.69) is 18.9 Å². The maximum Gasteiger partial charge on any atom is 0.152 e. The van der Waals surface area contributed by atoms with Crippen molar-refractivity contribution in [2.45, 2.75) is 23.5 Å². The van der Waals surface area contributed by atoms with Gasteiger partial charge in [-0.25, -0.2) is 4.21 Å². The first-order chi connectivity index (χ1) is 10.7. The third-order valence-electron chi connectivity index (χ3n) is 3.56. The van der Waals surface area contributed by atoms with Crippen LogP contribution in [0.25, 0.3) is 0 Å². The lowest BCUT2D eigenvalue weighted by Gasteiger charge is -2.21. The van der Waals surface area contributed by atoms with Crippen LogP contribution in [0.1, 0.15) is 24.2 Å². The van der Waals surface area contributed by atoms with Crippen molar-refractivity contribution in [1.29, 1.82) is 5.26 Å². The zero-order chi connectivity index (χ0) is 16.1. The monoisotopic (exact) mass is 330 g/mol. The first-order valence-electron chi connectivity index (χ1n) is 6.97. The molecule has 1 aromatic rings. The molecule has 1 heterocycles. The number of thioether (sulfide) groups is 1. The Labute approximate surface area is 138 Å². The van der Waals surface area contributed by atoms with Crippen LogP contribution in [0.15, 0.2) is 65.2 Å². The van der Waals surface area contributed by atoms with Gasteiger partial charge in [-0.1, -0.05) is 43.9 Å². The van der Waals surface area contributed by atoms with E-state index in [0.717, 1.165) is 28.1 Å². The molecule has 0 fully saturated rings. The summed E-state index contributed by atoms with van der Waals surface area (Å²) >= 11 is 1.21. The Bertz CT molecular complexity index is 701. The van der Waals surface area contributed by atoms with Gasteiger partial charge in [0, 0.05) is 12.7 Å². The summed E-state index contributed by atoms with van der Waals surface area (Å²) in [6, 6.07) is 7.65. The molecule has 0 aliphatic carbocycles. The SMILES string of the molecule is C=C/C=C\C1=C(CC)C(SC#N)c2ccccc2S(=O)N1C. The molecule has 2 atom stereocenters. The Morgan fingerprint density at radius 1 is 1.50 bits per heavy atom. The molecule has 0 radical (unpaired) electrons. The predicted molar refractivity (Wildman–Crippen MR) is 93.2 cm³/mol. The quantitative estimate of drug-likeness (QED) is 0.610. The largest absolute Gasteiger partial charge is 0.291 e. The molecule has 0 N–H and O–H groups in total. The van der Waals surface area contributed by atoms with Gasteiger partial charge < -0.3 is 0 Å². The lowest BCUT2D eigenvalue weighted by atomic mass is 10.00. The van der Waals surface area contributed by atoms with Crippen molar-refractivity contribution in [3.05, 3.63) is 65.9 Å². The van der Waals surface area contributed by atoms with Crippen LogP contribution < -0.4 is 0 Å². The number of likely N-dealkylation sites (N-methyl/N-ethyl adjacent to an activating group) is 1. The molecule has 0 saturated heterocycles. The first kappa shape index (κ1) is 16.6. The van der Waals surface area contributed by atoms with E-state index in [1.165, 1.54) is 11.8 Å². The summed E-state index contributed by atoms with van der Waals surface area (Å²) in [5, 5.41) is 11.3. The topological polar surface area (TPSA) is 44.1 Å². The molecule has 5 heteroatoms. The van der Waals surface area contributed by atoms with Gasteiger partial charge in [-0.05, 0) is 41.5 Å². The number of hydrogen-bond donors (Lipinski definition) is 0. The maximum absolute atomic E-state index is 12.9. The summed E-state index contributed by atoms with van der Waals surface area (Å²) < 4.78 is 14.6. The number of thiocyanates is 1. The third-order valence-corrected chi connectivity index (χ3v) is 5.89. The second-order valence-corrected chi connectivity index (χ2v) is 7.11. The summed E-state index contributed by atoms with van der Waals surface area (Å²) in [6.45, 7) is 5.76. The summed E-state index contributed by atoms with van der Waals surface area (Å²) in [4.78, 5) is 0.769. The Kier molecular flexibility index (Phi) is 5.64. The van der Waals surface area contributed by atoms with Gasteiger partial charge in [0.2, 0.25) is 0 Å². The van der Waals surface area contributed by atoms with E-state index in [0.29, 0.717) is 0 Å². The second-order valence-electron chi connectivity index (χ2n) is 4.73. The number of nitrogens with zero attached hydrogens (tertiary/aromatic N) is 2. The summed E-state index contributed by atoms with van der Waals surface area (Å²) in [7, 11) is 0.534. The van der Waals surface area contributed by atoms with Gasteiger partial charge in [0.05, 0.1) is 10.1 Å². The average Bonchev–Trinajstić information content (AvgIpc) is 2.63. The minimum absolute atomic E-state index is 0.107. The third kappa shape index (κ3) is 3.03. The number of benzene rings is 1. The minimum atomic E-state index is -1.29. The van der Waals surface area contributed by atoms with E-state index in [1.54, 1.807) is 10.4 Å². The van der Waals surface area contributed by atoms with Crippen LogP contribution >= 0.6 is 11.8 Å². The highest BCUT2D eigenvalue weighted by atomic mass is 32.2. The smallest absolute Gasteiger partial charge is 0.152 e. The maximum atomic E-state index is 12.9. The van der Waals surface area contributed by atoms with Crippen LogP contribution in [0.4, 0.5) is 0 Å². The van der Waals surface area contributed by atoms with Crippen molar-refractivity contribution in [3.8, 4) is 5.40 Å². The van der Waals surface area contributed by atoms with Gasteiger partial charge in [0.25, 0.3) is 0 Å². The van der Waals surface area contributed by atoms with Crippen LogP contribution in [-0.4, -0.2) is 15.6 Å². The highest BCUT2D eigenvalue weighted by molar-refractivity contribution is 8.04. The molecule has 3 nitrogen and oxygen atoms in total. The normalized spacial score (nSPS) is 21.4. The van der Waals surface area contributed by atoms with Gasteiger partial charge in [0.15, 0.2) is 11.0 Å². The molecule has 2 rings (SSSR count). The molecule has 0 spiro atoms. The molecule has 0 bridgehead atoms. The van der Waals surface area contributed by atoms with E-state index in [9.17, 15) is 9.47 Å². The number of fused-ring (bicyclic) bond motifs is 1.